The number of hydrogen-bond acceptors (Lipinski definition) is 4. The van der Waals surface area contributed by atoms with Crippen molar-refractivity contribution in [3.8, 4) is 5.75 Å². The van der Waals surface area contributed by atoms with Gasteiger partial charge in [-0.3, -0.25) is 0 Å². The van der Waals surface area contributed by atoms with E-state index in [2.05, 4.69) is 4.74 Å². The Labute approximate surface area is 99.2 Å². The third-order valence-electron chi connectivity index (χ3n) is 2.46. The summed E-state index contributed by atoms with van der Waals surface area (Å²) in [5.74, 6) is -1.10. The first-order valence-corrected chi connectivity index (χ1v) is 5.33. The van der Waals surface area contributed by atoms with E-state index in [4.69, 9.17) is 5.73 Å². The predicted octanol–water partition coefficient (Wildman–Crippen LogP) is 1.60. The monoisotopic (exact) mass is 241 g/mol. The molecule has 1 rings (SSSR count). The highest BCUT2D eigenvalue weighted by Crippen LogP contribution is 2.29. The molecule has 0 saturated heterocycles. The number of rotatable bonds is 4. The van der Waals surface area contributed by atoms with E-state index in [1.807, 2.05) is 0 Å². The highest BCUT2D eigenvalue weighted by molar-refractivity contribution is 5.76. The second-order valence-corrected chi connectivity index (χ2v) is 3.69. The maximum absolute atomic E-state index is 13.7. The third-order valence-corrected chi connectivity index (χ3v) is 2.46. The van der Waals surface area contributed by atoms with Crippen LogP contribution in [0, 0.1) is 6.92 Å². The van der Waals surface area contributed by atoms with E-state index in [-0.39, 0.29) is 17.9 Å². The lowest BCUT2D eigenvalue weighted by Gasteiger charge is -2.17. The van der Waals surface area contributed by atoms with Crippen molar-refractivity contribution in [3.05, 3.63) is 29.3 Å². The van der Waals surface area contributed by atoms with Gasteiger partial charge >= 0.3 is 5.97 Å². The van der Waals surface area contributed by atoms with Crippen molar-refractivity contribution in [3.63, 3.8) is 0 Å². The summed E-state index contributed by atoms with van der Waals surface area (Å²) in [4.78, 5) is 11.2. The molecule has 0 spiro atoms. The first kappa shape index (κ1) is 13.4. The van der Waals surface area contributed by atoms with E-state index in [1.165, 1.54) is 6.07 Å². The van der Waals surface area contributed by atoms with Crippen LogP contribution in [0.3, 0.4) is 0 Å². The number of halogens is 1. The minimum Gasteiger partial charge on any atom is -0.507 e. The zero-order valence-corrected chi connectivity index (χ0v) is 9.81. The van der Waals surface area contributed by atoms with Crippen LogP contribution in [-0.4, -0.2) is 23.9 Å². The molecule has 0 heterocycles. The Morgan fingerprint density at radius 3 is 2.82 bits per heavy atom. The van der Waals surface area contributed by atoms with Crippen LogP contribution < -0.4 is 5.73 Å². The molecule has 94 valence electrons. The summed E-state index contributed by atoms with van der Waals surface area (Å²) in [6, 6.07) is 3.57. The molecule has 0 bridgehead atoms. The van der Waals surface area contributed by atoms with E-state index >= 15 is 0 Å². The summed E-state index contributed by atoms with van der Waals surface area (Å²) in [7, 11) is 0. The molecule has 1 aromatic carbocycles. The highest BCUT2D eigenvalue weighted by Gasteiger charge is 2.29. The van der Waals surface area contributed by atoms with Crippen molar-refractivity contribution in [2.24, 2.45) is 5.73 Å². The fraction of sp³-hybridized carbons (Fsp3) is 0.417. The maximum Gasteiger partial charge on any atom is 0.342 e. The number of aryl methyl sites for hydroxylation is 1. The Kier molecular flexibility index (Phi) is 4.45. The van der Waals surface area contributed by atoms with Gasteiger partial charge in [0.1, 0.15) is 5.75 Å². The van der Waals surface area contributed by atoms with Gasteiger partial charge in [0.05, 0.1) is 12.6 Å². The van der Waals surface area contributed by atoms with Crippen molar-refractivity contribution < 1.29 is 19.0 Å². The van der Waals surface area contributed by atoms with E-state index in [0.717, 1.165) is 0 Å². The molecule has 0 aliphatic carbocycles. The average Bonchev–Trinajstić information content (AvgIpc) is 2.31. The average molecular weight is 241 g/mol. The van der Waals surface area contributed by atoms with Gasteiger partial charge in [-0.25, -0.2) is 9.18 Å². The Morgan fingerprint density at radius 1 is 1.59 bits per heavy atom. The molecular formula is C12H16FNO3. The highest BCUT2D eigenvalue weighted by atomic mass is 19.1. The Bertz CT molecular complexity index is 409. The van der Waals surface area contributed by atoms with E-state index in [0.29, 0.717) is 5.56 Å². The van der Waals surface area contributed by atoms with Gasteiger partial charge in [-0.05, 0) is 19.4 Å². The van der Waals surface area contributed by atoms with Crippen LogP contribution in [0.25, 0.3) is 0 Å². The molecule has 4 nitrogen and oxygen atoms in total. The van der Waals surface area contributed by atoms with Crippen LogP contribution in [0.15, 0.2) is 18.2 Å². The molecule has 3 N–H and O–H groups in total. The van der Waals surface area contributed by atoms with Gasteiger partial charge in [-0.15, -0.1) is 0 Å². The number of carbonyl (C=O) groups is 1. The quantitative estimate of drug-likeness (QED) is 0.785. The molecule has 0 fully saturated rings. The number of hydrogen-bond donors (Lipinski definition) is 2. The van der Waals surface area contributed by atoms with Gasteiger partial charge in [0.2, 0.25) is 6.17 Å². The second-order valence-electron chi connectivity index (χ2n) is 3.69. The van der Waals surface area contributed by atoms with Crippen molar-refractivity contribution in [1.29, 1.82) is 0 Å². The molecule has 0 radical (unpaired) electrons. The fourth-order valence-electron chi connectivity index (χ4n) is 1.48. The number of para-hydroxylation sites is 1. The van der Waals surface area contributed by atoms with Crippen LogP contribution in [0.1, 0.15) is 24.1 Å². The molecule has 2 atom stereocenters. The standard InChI is InChI=1S/C12H16FNO3/c1-3-17-12(16)9(13)10(14)8-6-4-5-7(2)11(8)15/h4-6,9-10,15H,3,14H2,1-2H3/t9?,10-/m1/s1. The van der Waals surface area contributed by atoms with E-state index < -0.39 is 18.2 Å². The lowest BCUT2D eigenvalue weighted by Crippen LogP contribution is -2.31. The number of alkyl halides is 1. The van der Waals surface area contributed by atoms with Gasteiger partial charge in [-0.1, -0.05) is 18.2 Å². The Balaban J connectivity index is 2.92. The number of phenolic OH excluding ortho intramolecular Hbond substituents is 1. The van der Waals surface area contributed by atoms with E-state index in [9.17, 15) is 14.3 Å². The Hall–Kier alpha value is -1.62. The SMILES string of the molecule is CCOC(=O)C(F)[C@H](N)c1cccc(C)c1O. The summed E-state index contributed by atoms with van der Waals surface area (Å²) < 4.78 is 18.2. The topological polar surface area (TPSA) is 72.5 Å². The summed E-state index contributed by atoms with van der Waals surface area (Å²) >= 11 is 0. The van der Waals surface area contributed by atoms with Gasteiger partial charge in [0, 0.05) is 5.56 Å². The zero-order chi connectivity index (χ0) is 13.0. The molecule has 0 aliphatic heterocycles. The second kappa shape index (κ2) is 5.63. The molecule has 0 amide bonds. The van der Waals surface area contributed by atoms with Crippen molar-refractivity contribution in [2.45, 2.75) is 26.1 Å². The van der Waals surface area contributed by atoms with Crippen molar-refractivity contribution in [2.75, 3.05) is 6.61 Å². The minimum atomic E-state index is -1.98. The third kappa shape index (κ3) is 2.94. The van der Waals surface area contributed by atoms with Crippen LogP contribution in [-0.2, 0) is 9.53 Å². The lowest BCUT2D eigenvalue weighted by atomic mass is 10.00. The summed E-state index contributed by atoms with van der Waals surface area (Å²) in [6.45, 7) is 3.34. The minimum absolute atomic E-state index is 0.0891. The fourth-order valence-corrected chi connectivity index (χ4v) is 1.48. The van der Waals surface area contributed by atoms with Crippen molar-refractivity contribution >= 4 is 5.97 Å². The molecule has 17 heavy (non-hydrogen) atoms. The normalized spacial score (nSPS) is 14.1. The van der Waals surface area contributed by atoms with Crippen LogP contribution >= 0.6 is 0 Å². The maximum atomic E-state index is 13.7. The molecule has 1 aromatic rings. The number of benzene rings is 1. The Morgan fingerprint density at radius 2 is 2.24 bits per heavy atom. The van der Waals surface area contributed by atoms with Gasteiger partial charge in [0.15, 0.2) is 0 Å². The molecular weight excluding hydrogens is 225 g/mol. The number of esters is 1. The largest absolute Gasteiger partial charge is 0.507 e. The summed E-state index contributed by atoms with van der Waals surface area (Å²) in [6.07, 6.45) is -1.98. The van der Waals surface area contributed by atoms with Gasteiger partial charge in [-0.2, -0.15) is 0 Å². The smallest absolute Gasteiger partial charge is 0.342 e. The summed E-state index contributed by atoms with van der Waals surface area (Å²) in [5.41, 5.74) is 6.38. The zero-order valence-electron chi connectivity index (χ0n) is 9.81. The van der Waals surface area contributed by atoms with E-state index in [1.54, 1.807) is 26.0 Å². The number of nitrogens with two attached hydrogens (primary N) is 1. The van der Waals surface area contributed by atoms with Crippen LogP contribution in [0.5, 0.6) is 5.75 Å². The summed E-state index contributed by atoms with van der Waals surface area (Å²) in [5, 5.41) is 9.73. The molecule has 0 aromatic heterocycles. The number of carbonyl (C=O) groups excluding carboxylic acids is 1. The van der Waals surface area contributed by atoms with Gasteiger partial charge < -0.3 is 15.6 Å². The van der Waals surface area contributed by atoms with Crippen LogP contribution in [0.2, 0.25) is 0 Å². The first-order chi connectivity index (χ1) is 7.99. The number of aromatic hydroxyl groups is 1. The predicted molar refractivity (Wildman–Crippen MR) is 61.3 cm³/mol. The first-order valence-electron chi connectivity index (χ1n) is 5.33. The van der Waals surface area contributed by atoms with Crippen LogP contribution in [0.4, 0.5) is 4.39 Å². The molecule has 0 saturated carbocycles. The molecule has 1 unspecified atom stereocenters. The van der Waals surface area contributed by atoms with Crippen molar-refractivity contribution in [1.82, 2.24) is 0 Å². The number of phenols is 1. The lowest BCUT2D eigenvalue weighted by molar-refractivity contribution is -0.149. The number of ether oxygens (including phenoxy) is 1. The molecule has 5 heteroatoms. The van der Waals surface area contributed by atoms with Gasteiger partial charge in [0.25, 0.3) is 0 Å². The molecule has 0 aliphatic rings.